The SMILES string of the molecule is Cc1ccc(-c2cc(CC(C)C)[c]([Ge]([CH3])([CH3])[CH3])cn2)cc1C. The van der Waals surface area contributed by atoms with Crippen molar-refractivity contribution in [1.29, 1.82) is 0 Å². The third kappa shape index (κ3) is 4.01. The maximum absolute atomic E-state index is 4.80. The first kappa shape index (κ1) is 17.3. The standard InChI is InChI=1S/C20H29GeN/c1-14(2)10-18-12-20(22-13-19(18)21(5,6)7)17-9-8-15(3)16(4)11-17/h8-9,11-14H,10H2,1-7H3. The van der Waals surface area contributed by atoms with Gasteiger partial charge in [0.1, 0.15) is 0 Å². The monoisotopic (exact) mass is 357 g/mol. The molecular formula is C20H29GeN. The van der Waals surface area contributed by atoms with Gasteiger partial charge < -0.3 is 0 Å². The number of hydrogen-bond donors (Lipinski definition) is 0. The molecule has 0 saturated heterocycles. The summed E-state index contributed by atoms with van der Waals surface area (Å²) in [6, 6.07) is 9.00. The Morgan fingerprint density at radius 1 is 1.00 bits per heavy atom. The predicted octanol–water partition coefficient (Wildman–Crippen LogP) is 5.11. The van der Waals surface area contributed by atoms with Crippen molar-refractivity contribution in [2.24, 2.45) is 5.92 Å². The Labute approximate surface area is 138 Å². The molecule has 0 fully saturated rings. The first-order valence-electron chi connectivity index (χ1n) is 8.25. The van der Waals surface area contributed by atoms with Gasteiger partial charge in [-0.15, -0.1) is 0 Å². The minimum absolute atomic E-state index is 0.679. The van der Waals surface area contributed by atoms with Crippen LogP contribution >= 0.6 is 0 Å². The second kappa shape index (κ2) is 6.58. The van der Waals surface area contributed by atoms with E-state index in [0.717, 1.165) is 12.1 Å². The number of rotatable bonds is 4. The summed E-state index contributed by atoms with van der Waals surface area (Å²) in [5, 5.41) is 0. The number of nitrogens with zero attached hydrogens (tertiary/aromatic N) is 1. The summed E-state index contributed by atoms with van der Waals surface area (Å²) in [5.41, 5.74) is 6.55. The summed E-state index contributed by atoms with van der Waals surface area (Å²) < 4.78 is 1.56. The predicted molar refractivity (Wildman–Crippen MR) is 101 cm³/mol. The molecule has 22 heavy (non-hydrogen) atoms. The summed E-state index contributed by atoms with van der Waals surface area (Å²) in [7, 11) is 0. The Hall–Kier alpha value is -1.09. The van der Waals surface area contributed by atoms with E-state index in [0.29, 0.717) is 5.92 Å². The molecule has 0 N–H and O–H groups in total. The summed E-state index contributed by atoms with van der Waals surface area (Å²) in [6.07, 6.45) is 3.32. The molecule has 0 saturated carbocycles. The van der Waals surface area contributed by atoms with E-state index in [1.165, 1.54) is 22.3 Å². The van der Waals surface area contributed by atoms with Crippen molar-refractivity contribution in [2.75, 3.05) is 0 Å². The van der Waals surface area contributed by atoms with Crippen molar-refractivity contribution in [3.05, 3.63) is 47.2 Å². The van der Waals surface area contributed by atoms with E-state index in [9.17, 15) is 0 Å². The molecule has 0 aliphatic heterocycles. The van der Waals surface area contributed by atoms with Crippen LogP contribution in [0.25, 0.3) is 11.3 Å². The van der Waals surface area contributed by atoms with Gasteiger partial charge in [-0.05, 0) is 0 Å². The van der Waals surface area contributed by atoms with Crippen molar-refractivity contribution in [3.63, 3.8) is 0 Å². The van der Waals surface area contributed by atoms with Crippen LogP contribution in [0.1, 0.15) is 30.5 Å². The van der Waals surface area contributed by atoms with Crippen LogP contribution in [-0.4, -0.2) is 18.3 Å². The second-order valence-corrected chi connectivity index (χ2v) is 18.4. The van der Waals surface area contributed by atoms with Gasteiger partial charge in [-0.25, -0.2) is 0 Å². The van der Waals surface area contributed by atoms with Crippen LogP contribution in [0, 0.1) is 19.8 Å². The minimum atomic E-state index is -1.87. The first-order chi connectivity index (χ1) is 10.2. The second-order valence-electron chi connectivity index (χ2n) is 7.87. The summed E-state index contributed by atoms with van der Waals surface area (Å²) >= 11 is -1.87. The molecule has 2 rings (SSSR count). The number of aromatic nitrogens is 1. The fourth-order valence-electron chi connectivity index (χ4n) is 2.84. The van der Waals surface area contributed by atoms with Gasteiger partial charge in [0.15, 0.2) is 0 Å². The molecule has 0 spiro atoms. The fraction of sp³-hybridized carbons (Fsp3) is 0.450. The first-order valence-corrected chi connectivity index (χ1v) is 15.6. The average molecular weight is 356 g/mol. The van der Waals surface area contributed by atoms with Crippen LogP contribution in [0.5, 0.6) is 0 Å². The van der Waals surface area contributed by atoms with Crippen molar-refractivity contribution in [1.82, 2.24) is 4.98 Å². The molecule has 0 aliphatic carbocycles. The van der Waals surface area contributed by atoms with Crippen molar-refractivity contribution >= 4 is 17.7 Å². The zero-order valence-corrected chi connectivity index (χ0v) is 17.2. The Bertz CT molecular complexity index is 666. The Morgan fingerprint density at radius 2 is 1.68 bits per heavy atom. The van der Waals surface area contributed by atoms with Crippen LogP contribution in [0.4, 0.5) is 0 Å². The zero-order chi connectivity index (χ0) is 16.5. The van der Waals surface area contributed by atoms with E-state index in [4.69, 9.17) is 4.98 Å². The van der Waals surface area contributed by atoms with Crippen molar-refractivity contribution in [2.45, 2.75) is 51.4 Å². The Kier molecular flexibility index (Phi) is 5.16. The average Bonchev–Trinajstić information content (AvgIpc) is 2.40. The van der Waals surface area contributed by atoms with Crippen molar-refractivity contribution < 1.29 is 0 Å². The molecule has 1 heterocycles. The van der Waals surface area contributed by atoms with Crippen molar-refractivity contribution in [3.8, 4) is 11.3 Å². The van der Waals surface area contributed by atoms with Gasteiger partial charge in [0.2, 0.25) is 0 Å². The van der Waals surface area contributed by atoms with Crippen LogP contribution in [0.3, 0.4) is 0 Å². The van der Waals surface area contributed by atoms with Crippen LogP contribution in [-0.2, 0) is 6.42 Å². The van der Waals surface area contributed by atoms with E-state index in [1.807, 2.05) is 0 Å². The summed E-state index contributed by atoms with van der Waals surface area (Å²) in [5.74, 6) is 8.04. The topological polar surface area (TPSA) is 12.9 Å². The zero-order valence-electron chi connectivity index (χ0n) is 15.1. The molecule has 0 bridgehead atoms. The van der Waals surface area contributed by atoms with Crippen LogP contribution in [0.15, 0.2) is 30.5 Å². The maximum atomic E-state index is 4.80. The molecule has 1 aromatic carbocycles. The van der Waals surface area contributed by atoms with Gasteiger partial charge in [-0.2, -0.15) is 0 Å². The van der Waals surface area contributed by atoms with E-state index < -0.39 is 13.3 Å². The molecule has 2 aromatic rings. The number of pyridine rings is 1. The van der Waals surface area contributed by atoms with Crippen LogP contribution < -0.4 is 4.40 Å². The van der Waals surface area contributed by atoms with E-state index in [2.05, 4.69) is 75.4 Å². The molecular weight excluding hydrogens is 327 g/mol. The van der Waals surface area contributed by atoms with Gasteiger partial charge in [-0.3, -0.25) is 0 Å². The fourth-order valence-corrected chi connectivity index (χ4v) is 6.17. The van der Waals surface area contributed by atoms with Gasteiger partial charge in [0, 0.05) is 0 Å². The van der Waals surface area contributed by atoms with Gasteiger partial charge >= 0.3 is 138 Å². The Balaban J connectivity index is 2.52. The molecule has 1 aromatic heterocycles. The van der Waals surface area contributed by atoms with Crippen LogP contribution in [0.2, 0.25) is 17.3 Å². The number of aryl methyl sites for hydroxylation is 2. The molecule has 118 valence electrons. The Morgan fingerprint density at radius 3 is 2.23 bits per heavy atom. The molecule has 0 radical (unpaired) electrons. The molecule has 0 aliphatic rings. The normalized spacial score (nSPS) is 12.0. The van der Waals surface area contributed by atoms with E-state index in [1.54, 1.807) is 4.40 Å². The quantitative estimate of drug-likeness (QED) is 0.694. The van der Waals surface area contributed by atoms with E-state index >= 15 is 0 Å². The summed E-state index contributed by atoms with van der Waals surface area (Å²) in [6.45, 7) is 8.94. The molecule has 0 atom stereocenters. The van der Waals surface area contributed by atoms with Gasteiger partial charge in [0.25, 0.3) is 0 Å². The number of benzene rings is 1. The third-order valence-corrected chi connectivity index (χ3v) is 8.56. The van der Waals surface area contributed by atoms with Gasteiger partial charge in [0.05, 0.1) is 0 Å². The van der Waals surface area contributed by atoms with Gasteiger partial charge in [-0.1, -0.05) is 0 Å². The molecule has 2 heteroatoms. The summed E-state index contributed by atoms with van der Waals surface area (Å²) in [4.78, 5) is 4.80. The molecule has 0 unspecified atom stereocenters. The third-order valence-electron chi connectivity index (χ3n) is 4.23. The number of hydrogen-bond acceptors (Lipinski definition) is 1. The van der Waals surface area contributed by atoms with E-state index in [-0.39, 0.29) is 0 Å². The molecule has 1 nitrogen and oxygen atoms in total. The molecule has 0 amide bonds.